The summed E-state index contributed by atoms with van der Waals surface area (Å²) in [6.45, 7) is 4.03. The summed E-state index contributed by atoms with van der Waals surface area (Å²) < 4.78 is 11.2. The molecule has 20 heavy (non-hydrogen) atoms. The van der Waals surface area contributed by atoms with Gasteiger partial charge < -0.3 is 15.0 Å². The fraction of sp³-hybridized carbons (Fsp3) is 0.467. The second kappa shape index (κ2) is 5.25. The molecule has 5 nitrogen and oxygen atoms in total. The standard InChI is InChI=1S/C15H19N3O2/c1-3-11(9(2)16)15-17-14(18-20-15)13-8-10-6-4-5-7-12(10)19-13/h4-7,9,11,13H,3,8,16H2,1-2H3. The Kier molecular flexibility index (Phi) is 3.44. The zero-order valence-corrected chi connectivity index (χ0v) is 11.7. The number of nitrogens with zero attached hydrogens (tertiary/aromatic N) is 2. The number of hydrogen-bond donors (Lipinski definition) is 1. The number of para-hydroxylation sites is 1. The van der Waals surface area contributed by atoms with Crippen molar-refractivity contribution in [3.05, 3.63) is 41.5 Å². The van der Waals surface area contributed by atoms with E-state index in [-0.39, 0.29) is 18.1 Å². The Morgan fingerprint density at radius 2 is 2.20 bits per heavy atom. The third-order valence-electron chi connectivity index (χ3n) is 3.78. The Morgan fingerprint density at radius 3 is 2.90 bits per heavy atom. The molecular weight excluding hydrogens is 254 g/mol. The Morgan fingerprint density at radius 1 is 1.40 bits per heavy atom. The van der Waals surface area contributed by atoms with E-state index in [0.717, 1.165) is 18.6 Å². The van der Waals surface area contributed by atoms with E-state index in [1.165, 1.54) is 5.56 Å². The molecule has 1 aliphatic heterocycles. The molecule has 2 N–H and O–H groups in total. The van der Waals surface area contributed by atoms with Gasteiger partial charge in [0.1, 0.15) is 5.75 Å². The number of benzene rings is 1. The first-order valence-electron chi connectivity index (χ1n) is 7.02. The van der Waals surface area contributed by atoms with Crippen LogP contribution in [-0.4, -0.2) is 16.2 Å². The van der Waals surface area contributed by atoms with Crippen molar-refractivity contribution in [2.24, 2.45) is 5.73 Å². The van der Waals surface area contributed by atoms with Crippen molar-refractivity contribution in [3.8, 4) is 5.75 Å². The van der Waals surface area contributed by atoms with E-state index in [2.05, 4.69) is 23.1 Å². The van der Waals surface area contributed by atoms with Gasteiger partial charge in [-0.25, -0.2) is 0 Å². The summed E-state index contributed by atoms with van der Waals surface area (Å²) in [6.07, 6.45) is 1.50. The van der Waals surface area contributed by atoms with Crippen LogP contribution in [0.1, 0.15) is 49.6 Å². The van der Waals surface area contributed by atoms with E-state index < -0.39 is 0 Å². The molecule has 0 saturated carbocycles. The first kappa shape index (κ1) is 13.1. The van der Waals surface area contributed by atoms with E-state index in [1.54, 1.807) is 0 Å². The summed E-state index contributed by atoms with van der Waals surface area (Å²) in [5, 5.41) is 4.07. The minimum atomic E-state index is -0.157. The average molecular weight is 273 g/mol. The molecule has 2 heterocycles. The molecule has 0 fully saturated rings. The lowest BCUT2D eigenvalue weighted by Crippen LogP contribution is -2.24. The summed E-state index contributed by atoms with van der Waals surface area (Å²) in [4.78, 5) is 4.48. The SMILES string of the molecule is CCC(c1nc(C2Cc3ccccc3O2)no1)C(C)N. The average Bonchev–Trinajstić information content (AvgIpc) is 3.04. The zero-order valence-electron chi connectivity index (χ0n) is 11.7. The summed E-state index contributed by atoms with van der Waals surface area (Å²) in [6, 6.07) is 8.00. The molecule has 0 bridgehead atoms. The third-order valence-corrected chi connectivity index (χ3v) is 3.78. The van der Waals surface area contributed by atoms with Crippen LogP contribution in [0, 0.1) is 0 Å². The van der Waals surface area contributed by atoms with Gasteiger partial charge in [0.15, 0.2) is 6.10 Å². The van der Waals surface area contributed by atoms with E-state index in [9.17, 15) is 0 Å². The molecular formula is C15H19N3O2. The highest BCUT2D eigenvalue weighted by atomic mass is 16.5. The molecule has 2 aromatic rings. The molecule has 1 aliphatic rings. The smallest absolute Gasteiger partial charge is 0.231 e. The predicted octanol–water partition coefficient (Wildman–Crippen LogP) is 2.59. The second-order valence-corrected chi connectivity index (χ2v) is 5.28. The van der Waals surface area contributed by atoms with Crippen molar-refractivity contribution in [1.29, 1.82) is 0 Å². The number of nitrogens with two attached hydrogens (primary N) is 1. The van der Waals surface area contributed by atoms with Gasteiger partial charge in [-0.15, -0.1) is 0 Å². The molecule has 1 aromatic heterocycles. The second-order valence-electron chi connectivity index (χ2n) is 5.28. The lowest BCUT2D eigenvalue weighted by molar-refractivity contribution is 0.220. The van der Waals surface area contributed by atoms with Crippen LogP contribution in [0.2, 0.25) is 0 Å². The summed E-state index contributed by atoms with van der Waals surface area (Å²) in [5.41, 5.74) is 7.14. The van der Waals surface area contributed by atoms with Gasteiger partial charge in [0.2, 0.25) is 11.7 Å². The highest BCUT2D eigenvalue weighted by Crippen LogP contribution is 2.35. The van der Waals surface area contributed by atoms with Crippen molar-refractivity contribution >= 4 is 0 Å². The molecule has 0 amide bonds. The van der Waals surface area contributed by atoms with Crippen molar-refractivity contribution < 1.29 is 9.26 Å². The quantitative estimate of drug-likeness (QED) is 0.926. The first-order valence-corrected chi connectivity index (χ1v) is 7.02. The molecule has 3 unspecified atom stereocenters. The van der Waals surface area contributed by atoms with Crippen LogP contribution in [0.5, 0.6) is 5.75 Å². The number of fused-ring (bicyclic) bond motifs is 1. The fourth-order valence-electron chi connectivity index (χ4n) is 2.63. The van der Waals surface area contributed by atoms with E-state index >= 15 is 0 Å². The molecule has 5 heteroatoms. The van der Waals surface area contributed by atoms with Gasteiger partial charge in [0.25, 0.3) is 0 Å². The maximum atomic E-state index is 5.95. The largest absolute Gasteiger partial charge is 0.482 e. The van der Waals surface area contributed by atoms with Crippen LogP contribution in [0.15, 0.2) is 28.8 Å². The minimum Gasteiger partial charge on any atom is -0.482 e. The van der Waals surface area contributed by atoms with Gasteiger partial charge in [-0.3, -0.25) is 0 Å². The number of aromatic nitrogens is 2. The molecule has 0 saturated heterocycles. The molecule has 0 spiro atoms. The molecule has 0 radical (unpaired) electrons. The molecule has 0 aliphatic carbocycles. The topological polar surface area (TPSA) is 74.2 Å². The first-order chi connectivity index (χ1) is 9.69. The lowest BCUT2D eigenvalue weighted by atomic mass is 9.99. The predicted molar refractivity (Wildman–Crippen MR) is 74.5 cm³/mol. The van der Waals surface area contributed by atoms with Gasteiger partial charge in [0.05, 0.1) is 5.92 Å². The minimum absolute atomic E-state index is 0.00464. The summed E-state index contributed by atoms with van der Waals surface area (Å²) >= 11 is 0. The van der Waals surface area contributed by atoms with E-state index in [4.69, 9.17) is 15.0 Å². The van der Waals surface area contributed by atoms with Gasteiger partial charge in [0, 0.05) is 12.5 Å². The Hall–Kier alpha value is -1.88. The number of ether oxygens (including phenoxy) is 1. The fourth-order valence-corrected chi connectivity index (χ4v) is 2.63. The Labute approximate surface area is 118 Å². The van der Waals surface area contributed by atoms with Crippen molar-refractivity contribution in [3.63, 3.8) is 0 Å². The van der Waals surface area contributed by atoms with Crippen LogP contribution < -0.4 is 10.5 Å². The molecule has 3 rings (SSSR count). The van der Waals surface area contributed by atoms with Crippen molar-refractivity contribution in [1.82, 2.24) is 10.1 Å². The zero-order chi connectivity index (χ0) is 14.1. The van der Waals surface area contributed by atoms with Gasteiger partial charge in [-0.1, -0.05) is 30.3 Å². The van der Waals surface area contributed by atoms with E-state index in [1.807, 2.05) is 25.1 Å². The third kappa shape index (κ3) is 2.29. The van der Waals surface area contributed by atoms with Crippen molar-refractivity contribution in [2.45, 2.75) is 44.8 Å². The highest BCUT2D eigenvalue weighted by molar-refractivity contribution is 5.37. The van der Waals surface area contributed by atoms with Gasteiger partial charge in [-0.2, -0.15) is 4.98 Å². The Bertz CT molecular complexity index is 569. The Balaban J connectivity index is 1.79. The molecule has 106 valence electrons. The van der Waals surface area contributed by atoms with E-state index in [0.29, 0.717) is 11.7 Å². The number of rotatable bonds is 4. The van der Waals surface area contributed by atoms with Crippen LogP contribution in [-0.2, 0) is 6.42 Å². The van der Waals surface area contributed by atoms with Crippen LogP contribution >= 0.6 is 0 Å². The van der Waals surface area contributed by atoms with Crippen LogP contribution in [0.3, 0.4) is 0 Å². The molecule has 3 atom stereocenters. The number of hydrogen-bond acceptors (Lipinski definition) is 5. The summed E-state index contributed by atoms with van der Waals surface area (Å²) in [7, 11) is 0. The highest BCUT2D eigenvalue weighted by Gasteiger charge is 2.30. The van der Waals surface area contributed by atoms with Crippen molar-refractivity contribution in [2.75, 3.05) is 0 Å². The monoisotopic (exact) mass is 273 g/mol. The maximum Gasteiger partial charge on any atom is 0.231 e. The molecule has 1 aromatic carbocycles. The van der Waals surface area contributed by atoms with Gasteiger partial charge in [-0.05, 0) is 25.0 Å². The van der Waals surface area contributed by atoms with Crippen LogP contribution in [0.25, 0.3) is 0 Å². The van der Waals surface area contributed by atoms with Crippen LogP contribution in [0.4, 0.5) is 0 Å². The summed E-state index contributed by atoms with van der Waals surface area (Å²) in [5.74, 6) is 2.22. The normalized spacial score (nSPS) is 20.2. The van der Waals surface area contributed by atoms with Gasteiger partial charge >= 0.3 is 0 Å². The lowest BCUT2D eigenvalue weighted by Gasteiger charge is -2.13. The maximum absolute atomic E-state index is 5.95.